The van der Waals surface area contributed by atoms with Gasteiger partial charge < -0.3 is 14.6 Å². The molecule has 1 fully saturated rings. The van der Waals surface area contributed by atoms with Gasteiger partial charge in [-0.15, -0.1) is 0 Å². The van der Waals surface area contributed by atoms with Crippen LogP contribution in [0.2, 0.25) is 0 Å². The lowest BCUT2D eigenvalue weighted by atomic mass is 10.2. The number of hydrogen-bond acceptors (Lipinski definition) is 7. The Labute approximate surface area is 134 Å². The van der Waals surface area contributed by atoms with E-state index in [1.54, 1.807) is 6.92 Å². The highest BCUT2D eigenvalue weighted by atomic mass is 32.2. The zero-order valence-electron chi connectivity index (χ0n) is 13.1. The number of esters is 1. The van der Waals surface area contributed by atoms with Crippen LogP contribution in [0.25, 0.3) is 0 Å². The van der Waals surface area contributed by atoms with Gasteiger partial charge in [-0.1, -0.05) is 5.16 Å². The largest absolute Gasteiger partial charge is 0.451 e. The first-order chi connectivity index (χ1) is 10.7. The minimum atomic E-state index is -3.49. The van der Waals surface area contributed by atoms with Crippen molar-refractivity contribution in [2.75, 3.05) is 18.1 Å². The van der Waals surface area contributed by atoms with Gasteiger partial charge in [0.15, 0.2) is 11.9 Å². The molecule has 0 bridgehead atoms. The number of hydrogen-bond donors (Lipinski definition) is 1. The Kier molecular flexibility index (Phi) is 5.05. The fraction of sp³-hybridized carbons (Fsp3) is 0.615. The highest BCUT2D eigenvalue weighted by molar-refractivity contribution is 7.88. The first-order valence-corrected chi connectivity index (χ1v) is 8.95. The van der Waals surface area contributed by atoms with Crippen molar-refractivity contribution in [2.45, 2.75) is 38.8 Å². The molecule has 2 atom stereocenters. The van der Waals surface area contributed by atoms with Crippen LogP contribution in [0.15, 0.2) is 10.6 Å². The van der Waals surface area contributed by atoms with E-state index in [1.165, 1.54) is 13.0 Å². The molecule has 1 aromatic heterocycles. The predicted molar refractivity (Wildman–Crippen MR) is 80.0 cm³/mol. The van der Waals surface area contributed by atoms with Gasteiger partial charge in [-0.2, -0.15) is 4.31 Å². The van der Waals surface area contributed by atoms with E-state index in [9.17, 15) is 18.0 Å². The molecule has 1 N–H and O–H groups in total. The lowest BCUT2D eigenvalue weighted by Crippen LogP contribution is -2.43. The quantitative estimate of drug-likeness (QED) is 0.761. The molecule has 0 saturated carbocycles. The van der Waals surface area contributed by atoms with Crippen LogP contribution in [-0.4, -0.2) is 54.7 Å². The van der Waals surface area contributed by atoms with E-state index in [2.05, 4.69) is 10.5 Å². The van der Waals surface area contributed by atoms with E-state index >= 15 is 0 Å². The van der Waals surface area contributed by atoms with Gasteiger partial charge in [-0.25, -0.2) is 8.42 Å². The molecule has 2 rings (SSSR count). The van der Waals surface area contributed by atoms with Crippen LogP contribution < -0.4 is 5.32 Å². The summed E-state index contributed by atoms with van der Waals surface area (Å²) < 4.78 is 34.3. The highest BCUT2D eigenvalue weighted by Crippen LogP contribution is 2.22. The van der Waals surface area contributed by atoms with Crippen LogP contribution in [0, 0.1) is 6.92 Å². The highest BCUT2D eigenvalue weighted by Gasteiger charge is 2.38. The van der Waals surface area contributed by atoms with Crippen LogP contribution in [0.4, 0.5) is 5.82 Å². The summed E-state index contributed by atoms with van der Waals surface area (Å²) in [5.74, 6) is -0.559. The Morgan fingerprint density at radius 2 is 2.22 bits per heavy atom. The van der Waals surface area contributed by atoms with Gasteiger partial charge in [0, 0.05) is 12.6 Å². The van der Waals surface area contributed by atoms with Gasteiger partial charge in [0.2, 0.25) is 10.0 Å². The molecule has 1 saturated heterocycles. The summed E-state index contributed by atoms with van der Waals surface area (Å²) in [6.07, 6.45) is 0.914. The molecule has 2 heterocycles. The monoisotopic (exact) mass is 345 g/mol. The van der Waals surface area contributed by atoms with Crippen molar-refractivity contribution in [2.24, 2.45) is 0 Å². The standard InChI is InChI=1S/C13H19N3O6S/c1-8-7-11(15-22-8)14-12(17)9(2)21-13(18)10-5-4-6-16(10)23(3,19)20/h7,9-10H,4-6H2,1-3H3,(H,14,15,17)/t9-,10+/m1/s1. The number of nitrogens with zero attached hydrogens (tertiary/aromatic N) is 2. The minimum absolute atomic E-state index is 0.217. The van der Waals surface area contributed by atoms with Crippen molar-refractivity contribution in [3.05, 3.63) is 11.8 Å². The third-order valence-electron chi connectivity index (χ3n) is 3.44. The summed E-state index contributed by atoms with van der Waals surface area (Å²) in [4.78, 5) is 24.1. The molecule has 0 aliphatic carbocycles. The van der Waals surface area contributed by atoms with Crippen molar-refractivity contribution in [1.29, 1.82) is 0 Å². The van der Waals surface area contributed by atoms with Crippen molar-refractivity contribution in [1.82, 2.24) is 9.46 Å². The maximum atomic E-state index is 12.1. The zero-order valence-corrected chi connectivity index (χ0v) is 13.9. The average molecular weight is 345 g/mol. The minimum Gasteiger partial charge on any atom is -0.451 e. The normalized spacial score (nSPS) is 20.2. The van der Waals surface area contributed by atoms with Crippen molar-refractivity contribution < 1.29 is 27.3 Å². The van der Waals surface area contributed by atoms with Gasteiger partial charge in [0.05, 0.1) is 6.26 Å². The summed E-state index contributed by atoms with van der Waals surface area (Å²) in [6.45, 7) is 3.35. The lowest BCUT2D eigenvalue weighted by molar-refractivity contribution is -0.156. The van der Waals surface area contributed by atoms with Crippen LogP contribution in [0.1, 0.15) is 25.5 Å². The molecule has 10 heteroatoms. The number of amides is 1. The number of anilines is 1. The Balaban J connectivity index is 1.95. The molecular formula is C13H19N3O6S. The molecule has 128 valence electrons. The second kappa shape index (κ2) is 6.67. The Morgan fingerprint density at radius 1 is 1.52 bits per heavy atom. The molecule has 0 unspecified atom stereocenters. The molecule has 1 aromatic rings. The van der Waals surface area contributed by atoms with Crippen LogP contribution in [-0.2, 0) is 24.3 Å². The number of carbonyl (C=O) groups excluding carboxylic acids is 2. The molecule has 1 amide bonds. The summed E-state index contributed by atoms with van der Waals surface area (Å²) in [5, 5.41) is 6.05. The van der Waals surface area contributed by atoms with E-state index in [0.717, 1.165) is 10.6 Å². The SMILES string of the molecule is Cc1cc(NC(=O)[C@@H](C)OC(=O)[C@@H]2CCCN2S(C)(=O)=O)no1. The number of nitrogens with one attached hydrogen (secondary N) is 1. The number of carbonyl (C=O) groups is 2. The maximum Gasteiger partial charge on any atom is 0.325 e. The summed E-state index contributed by atoms with van der Waals surface area (Å²) in [7, 11) is -3.49. The third-order valence-corrected chi connectivity index (χ3v) is 4.73. The van der Waals surface area contributed by atoms with E-state index in [-0.39, 0.29) is 12.4 Å². The van der Waals surface area contributed by atoms with Gasteiger partial charge in [-0.3, -0.25) is 9.59 Å². The second-order valence-corrected chi connectivity index (χ2v) is 7.36. The number of ether oxygens (including phenoxy) is 1. The predicted octanol–water partition coefficient (Wildman–Crippen LogP) is 0.277. The Bertz CT molecular complexity index is 698. The second-order valence-electron chi connectivity index (χ2n) is 5.42. The topological polar surface area (TPSA) is 119 Å². The summed E-state index contributed by atoms with van der Waals surface area (Å²) in [6, 6.07) is 0.643. The molecular weight excluding hydrogens is 326 g/mol. The number of aryl methyl sites for hydroxylation is 1. The Morgan fingerprint density at radius 3 is 2.78 bits per heavy atom. The summed E-state index contributed by atoms with van der Waals surface area (Å²) >= 11 is 0. The fourth-order valence-corrected chi connectivity index (χ4v) is 3.45. The number of sulfonamides is 1. The Hall–Kier alpha value is -1.94. The van der Waals surface area contributed by atoms with Crippen LogP contribution >= 0.6 is 0 Å². The van der Waals surface area contributed by atoms with Gasteiger partial charge in [-0.05, 0) is 26.7 Å². The van der Waals surface area contributed by atoms with Crippen molar-refractivity contribution in [3.63, 3.8) is 0 Å². The number of aromatic nitrogens is 1. The molecule has 0 aromatic carbocycles. The molecule has 0 spiro atoms. The smallest absolute Gasteiger partial charge is 0.325 e. The van der Waals surface area contributed by atoms with Gasteiger partial charge in [0.1, 0.15) is 11.8 Å². The average Bonchev–Trinajstić information content (AvgIpc) is 3.06. The van der Waals surface area contributed by atoms with E-state index < -0.39 is 34.0 Å². The molecule has 1 aliphatic rings. The van der Waals surface area contributed by atoms with Gasteiger partial charge >= 0.3 is 5.97 Å². The zero-order chi connectivity index (χ0) is 17.2. The van der Waals surface area contributed by atoms with Crippen LogP contribution in [0.5, 0.6) is 0 Å². The first kappa shape index (κ1) is 17.4. The molecule has 23 heavy (non-hydrogen) atoms. The van der Waals surface area contributed by atoms with E-state index in [0.29, 0.717) is 18.6 Å². The molecule has 1 aliphatic heterocycles. The summed E-state index contributed by atoms with van der Waals surface area (Å²) in [5.41, 5.74) is 0. The maximum absolute atomic E-state index is 12.1. The van der Waals surface area contributed by atoms with Gasteiger partial charge in [0.25, 0.3) is 5.91 Å². The molecule has 0 radical (unpaired) electrons. The number of rotatable bonds is 5. The lowest BCUT2D eigenvalue weighted by Gasteiger charge is -2.22. The fourth-order valence-electron chi connectivity index (χ4n) is 2.33. The van der Waals surface area contributed by atoms with Crippen molar-refractivity contribution >= 4 is 27.7 Å². The third kappa shape index (κ3) is 4.29. The van der Waals surface area contributed by atoms with E-state index in [4.69, 9.17) is 9.26 Å². The van der Waals surface area contributed by atoms with Crippen molar-refractivity contribution in [3.8, 4) is 0 Å². The first-order valence-electron chi connectivity index (χ1n) is 7.10. The molecule has 9 nitrogen and oxygen atoms in total. The van der Waals surface area contributed by atoms with Crippen LogP contribution in [0.3, 0.4) is 0 Å². The van der Waals surface area contributed by atoms with E-state index in [1.807, 2.05) is 0 Å².